The predicted molar refractivity (Wildman–Crippen MR) is 95.1 cm³/mol. The molecule has 0 bridgehead atoms. The molecule has 0 amide bonds. The van der Waals surface area contributed by atoms with Gasteiger partial charge in [0.2, 0.25) is 0 Å². The third-order valence-electron chi connectivity index (χ3n) is 4.17. The molecule has 6 nitrogen and oxygen atoms in total. The van der Waals surface area contributed by atoms with E-state index in [0.717, 1.165) is 27.8 Å². The van der Waals surface area contributed by atoms with Crippen LogP contribution in [0.15, 0.2) is 37.6 Å². The Hall–Kier alpha value is -2.67. The van der Waals surface area contributed by atoms with Gasteiger partial charge in [-0.15, -0.1) is 0 Å². The van der Waals surface area contributed by atoms with Gasteiger partial charge in [-0.3, -0.25) is 14.2 Å². The van der Waals surface area contributed by atoms with E-state index >= 15 is 0 Å². The first-order chi connectivity index (χ1) is 11.9. The van der Waals surface area contributed by atoms with Crippen molar-refractivity contribution in [3.63, 3.8) is 0 Å². The van der Waals surface area contributed by atoms with Gasteiger partial charge in [0.15, 0.2) is 0 Å². The van der Waals surface area contributed by atoms with Gasteiger partial charge >= 0.3 is 16.5 Å². The smallest absolute Gasteiger partial charge is 0.336 e. The number of rotatable bonds is 4. The largest absolute Gasteiger partial charge is 0.459 e. The Morgan fingerprint density at radius 2 is 2.00 bits per heavy atom. The molecule has 0 unspecified atom stereocenters. The maximum Gasteiger partial charge on any atom is 0.336 e. The molecule has 0 N–H and O–H groups in total. The predicted octanol–water partition coefficient (Wildman–Crippen LogP) is 2.68. The lowest BCUT2D eigenvalue weighted by Crippen LogP contribution is -2.22. The van der Waals surface area contributed by atoms with Gasteiger partial charge in [-0.05, 0) is 31.9 Å². The molecule has 0 saturated carbocycles. The van der Waals surface area contributed by atoms with E-state index in [1.54, 1.807) is 12.3 Å². The quantitative estimate of drug-likeness (QED) is 0.529. The van der Waals surface area contributed by atoms with Gasteiger partial charge in [-0.25, -0.2) is 4.79 Å². The molecule has 0 aliphatic rings. The van der Waals surface area contributed by atoms with E-state index in [4.69, 9.17) is 9.15 Å². The number of esters is 1. The van der Waals surface area contributed by atoms with Gasteiger partial charge in [0.1, 0.15) is 18.7 Å². The lowest BCUT2D eigenvalue weighted by molar-refractivity contribution is -0.145. The number of fused-ring (bicyclic) bond motifs is 1. The maximum absolute atomic E-state index is 12.1. The summed E-state index contributed by atoms with van der Waals surface area (Å²) in [7, 11) is 0. The van der Waals surface area contributed by atoms with Crippen LogP contribution in [0.3, 0.4) is 0 Å². The second-order valence-electron chi connectivity index (χ2n) is 5.86. The Morgan fingerprint density at radius 3 is 2.68 bits per heavy atom. The zero-order valence-corrected chi connectivity index (χ0v) is 14.9. The van der Waals surface area contributed by atoms with E-state index in [1.807, 2.05) is 26.0 Å². The third kappa shape index (κ3) is 3.41. The van der Waals surface area contributed by atoms with E-state index in [1.165, 1.54) is 10.6 Å². The van der Waals surface area contributed by atoms with E-state index in [-0.39, 0.29) is 18.0 Å². The number of hydrogen-bond donors (Lipinski definition) is 0. The first kappa shape index (κ1) is 17.2. The number of aryl methyl sites for hydroxylation is 3. The Labute approximate surface area is 147 Å². The summed E-state index contributed by atoms with van der Waals surface area (Å²) in [6.45, 7) is 5.36. The fraction of sp³-hybridized carbons (Fsp3) is 0.278. The molecule has 3 aromatic rings. The first-order valence-electron chi connectivity index (χ1n) is 7.70. The molecule has 0 saturated heterocycles. The molecule has 0 spiro atoms. The number of nitrogens with zero attached hydrogens (tertiary/aromatic N) is 1. The fourth-order valence-corrected chi connectivity index (χ4v) is 3.31. The lowest BCUT2D eigenvalue weighted by atomic mass is 10.0. The molecule has 2 aromatic heterocycles. The van der Waals surface area contributed by atoms with Crippen LogP contribution in [-0.2, 0) is 22.7 Å². The average molecular weight is 359 g/mol. The monoisotopic (exact) mass is 359 g/mol. The molecule has 2 heterocycles. The van der Waals surface area contributed by atoms with Gasteiger partial charge < -0.3 is 9.15 Å². The van der Waals surface area contributed by atoms with Crippen LogP contribution in [0.25, 0.3) is 11.0 Å². The molecular formula is C18H17NO5S. The van der Waals surface area contributed by atoms with Crippen LogP contribution in [-0.4, -0.2) is 10.5 Å². The zero-order chi connectivity index (χ0) is 18.1. The highest BCUT2D eigenvalue weighted by Crippen LogP contribution is 2.23. The van der Waals surface area contributed by atoms with Crippen molar-refractivity contribution in [2.45, 2.75) is 33.9 Å². The van der Waals surface area contributed by atoms with Gasteiger partial charge in [0.05, 0.1) is 0 Å². The van der Waals surface area contributed by atoms with Crippen LogP contribution in [0.5, 0.6) is 0 Å². The number of carbonyl (C=O) groups is 1. The molecule has 25 heavy (non-hydrogen) atoms. The van der Waals surface area contributed by atoms with Crippen molar-refractivity contribution in [2.75, 3.05) is 0 Å². The minimum Gasteiger partial charge on any atom is -0.459 e. The molecule has 0 fully saturated rings. The summed E-state index contributed by atoms with van der Waals surface area (Å²) in [5, 5.41) is 2.43. The van der Waals surface area contributed by atoms with Crippen LogP contribution in [0.4, 0.5) is 0 Å². The third-order valence-corrected chi connectivity index (χ3v) is 5.05. The van der Waals surface area contributed by atoms with Crippen LogP contribution in [0.1, 0.15) is 22.4 Å². The molecule has 0 aliphatic heterocycles. The highest BCUT2D eigenvalue weighted by Gasteiger charge is 2.13. The van der Waals surface area contributed by atoms with Crippen molar-refractivity contribution in [2.24, 2.45) is 0 Å². The maximum atomic E-state index is 12.1. The van der Waals surface area contributed by atoms with Gasteiger partial charge in [-0.1, -0.05) is 23.5 Å². The SMILES string of the molecule is Cc1ccc2c(COC(=O)Cn3c(C)csc3=O)cc(=O)oc2c1C. The Bertz CT molecular complexity index is 1070. The number of aromatic nitrogens is 1. The van der Waals surface area contributed by atoms with E-state index < -0.39 is 11.6 Å². The summed E-state index contributed by atoms with van der Waals surface area (Å²) in [5.41, 5.74) is 3.20. The van der Waals surface area contributed by atoms with Crippen LogP contribution in [0, 0.1) is 20.8 Å². The Balaban J connectivity index is 1.84. The summed E-state index contributed by atoms with van der Waals surface area (Å²) >= 11 is 1.04. The number of benzene rings is 1. The van der Waals surface area contributed by atoms with Gasteiger partial charge in [0.25, 0.3) is 0 Å². The molecule has 1 aromatic carbocycles. The van der Waals surface area contributed by atoms with Crippen LogP contribution >= 0.6 is 11.3 Å². The Morgan fingerprint density at radius 1 is 1.24 bits per heavy atom. The summed E-state index contributed by atoms with van der Waals surface area (Å²) in [4.78, 5) is 35.3. The molecule has 7 heteroatoms. The fourth-order valence-electron chi connectivity index (χ4n) is 2.57. The molecular weight excluding hydrogens is 342 g/mol. The van der Waals surface area contributed by atoms with E-state index in [2.05, 4.69) is 0 Å². The standard InChI is InChI=1S/C18H17NO5S/c1-10-4-5-14-13(6-15(20)24-17(14)12(10)3)8-23-16(21)7-19-11(2)9-25-18(19)22/h4-6,9H,7-8H2,1-3H3. The van der Waals surface area contributed by atoms with Gasteiger partial charge in [0, 0.05) is 28.1 Å². The topological polar surface area (TPSA) is 78.5 Å². The van der Waals surface area contributed by atoms with E-state index in [0.29, 0.717) is 16.8 Å². The molecule has 3 rings (SSSR count). The van der Waals surface area contributed by atoms with Crippen LogP contribution in [0.2, 0.25) is 0 Å². The highest BCUT2D eigenvalue weighted by molar-refractivity contribution is 7.07. The number of ether oxygens (including phenoxy) is 1. The lowest BCUT2D eigenvalue weighted by Gasteiger charge is -2.10. The summed E-state index contributed by atoms with van der Waals surface area (Å²) in [5.74, 6) is -0.533. The minimum atomic E-state index is -0.533. The zero-order valence-electron chi connectivity index (χ0n) is 14.1. The summed E-state index contributed by atoms with van der Waals surface area (Å²) < 4.78 is 11.9. The van der Waals surface area contributed by atoms with Crippen molar-refractivity contribution in [1.29, 1.82) is 0 Å². The average Bonchev–Trinajstić information content (AvgIpc) is 2.88. The van der Waals surface area contributed by atoms with E-state index in [9.17, 15) is 14.4 Å². The number of carbonyl (C=O) groups excluding carboxylic acids is 1. The Kier molecular flexibility index (Phi) is 4.59. The summed E-state index contributed by atoms with van der Waals surface area (Å²) in [6, 6.07) is 5.10. The highest BCUT2D eigenvalue weighted by atomic mass is 32.1. The minimum absolute atomic E-state index is 0.0542. The first-order valence-corrected chi connectivity index (χ1v) is 8.58. The summed E-state index contributed by atoms with van der Waals surface area (Å²) in [6.07, 6.45) is 0. The van der Waals surface area contributed by atoms with Crippen molar-refractivity contribution in [3.05, 3.63) is 66.1 Å². The number of hydrogen-bond acceptors (Lipinski definition) is 6. The van der Waals surface area contributed by atoms with Gasteiger partial charge in [-0.2, -0.15) is 0 Å². The molecule has 0 atom stereocenters. The second-order valence-corrected chi connectivity index (χ2v) is 6.69. The van der Waals surface area contributed by atoms with Crippen molar-refractivity contribution in [3.8, 4) is 0 Å². The van der Waals surface area contributed by atoms with Crippen molar-refractivity contribution >= 4 is 28.3 Å². The molecule has 0 aliphatic carbocycles. The number of thiazole rings is 1. The van der Waals surface area contributed by atoms with Crippen molar-refractivity contribution in [1.82, 2.24) is 4.57 Å². The van der Waals surface area contributed by atoms with Crippen molar-refractivity contribution < 1.29 is 13.9 Å². The second kappa shape index (κ2) is 6.68. The molecule has 130 valence electrons. The molecule has 0 radical (unpaired) electrons. The van der Waals surface area contributed by atoms with Crippen LogP contribution < -0.4 is 10.5 Å². The normalized spacial score (nSPS) is 11.0.